The summed E-state index contributed by atoms with van der Waals surface area (Å²) in [5, 5.41) is 0. The lowest BCUT2D eigenvalue weighted by Crippen LogP contribution is -1.96. The van der Waals surface area contributed by atoms with Gasteiger partial charge in [-0.1, -0.05) is 0 Å². The molecule has 0 amide bonds. The van der Waals surface area contributed by atoms with Gasteiger partial charge in [-0.2, -0.15) is 0 Å². The zero-order valence-electron chi connectivity index (χ0n) is 7.07. The van der Waals surface area contributed by atoms with Crippen LogP contribution in [0.4, 0.5) is 0 Å². The van der Waals surface area contributed by atoms with E-state index in [9.17, 15) is 0 Å². The largest absolute Gasteiger partial charge is 0.378 e. The van der Waals surface area contributed by atoms with Crippen molar-refractivity contribution in [2.24, 2.45) is 0 Å². The van der Waals surface area contributed by atoms with Crippen molar-refractivity contribution >= 4 is 21.7 Å². The fourth-order valence-electron chi connectivity index (χ4n) is 1.11. The Morgan fingerprint density at radius 2 is 2.46 bits per heavy atom. The average molecular weight is 242 g/mol. The van der Waals surface area contributed by atoms with Gasteiger partial charge in [0.25, 0.3) is 0 Å². The minimum Gasteiger partial charge on any atom is -0.378 e. The van der Waals surface area contributed by atoms with Gasteiger partial charge in [-0.3, -0.25) is 4.40 Å². The van der Waals surface area contributed by atoms with Crippen LogP contribution in [-0.2, 0) is 11.3 Å². The number of rotatable bonds is 2. The van der Waals surface area contributed by atoms with Gasteiger partial charge < -0.3 is 4.74 Å². The second-order valence-electron chi connectivity index (χ2n) is 2.60. The van der Waals surface area contributed by atoms with Crippen molar-refractivity contribution in [2.75, 3.05) is 7.11 Å². The molecule has 0 aliphatic carbocycles. The smallest absolute Gasteiger partial charge is 0.234 e. The summed E-state index contributed by atoms with van der Waals surface area (Å²) < 4.78 is 7.73. The molecule has 0 aliphatic heterocycles. The molecule has 0 atom stereocenters. The van der Waals surface area contributed by atoms with Crippen molar-refractivity contribution in [2.45, 2.75) is 6.61 Å². The van der Waals surface area contributed by atoms with Crippen LogP contribution in [0.2, 0.25) is 0 Å². The Morgan fingerprint density at radius 1 is 1.62 bits per heavy atom. The first kappa shape index (κ1) is 8.65. The summed E-state index contributed by atoms with van der Waals surface area (Å²) in [6, 6.07) is 1.91. The summed E-state index contributed by atoms with van der Waals surface area (Å²) in [6.45, 7) is 0.515. The van der Waals surface area contributed by atoms with E-state index in [2.05, 4.69) is 25.9 Å². The molecule has 4 nitrogen and oxygen atoms in total. The van der Waals surface area contributed by atoms with Crippen LogP contribution in [0.1, 0.15) is 5.69 Å². The Morgan fingerprint density at radius 3 is 3.23 bits per heavy atom. The topological polar surface area (TPSA) is 39.4 Å². The Bertz CT molecular complexity index is 426. The van der Waals surface area contributed by atoms with E-state index in [0.29, 0.717) is 12.4 Å². The maximum absolute atomic E-state index is 4.97. The number of aromatic nitrogens is 3. The average Bonchev–Trinajstić information content (AvgIpc) is 2.48. The van der Waals surface area contributed by atoms with Crippen LogP contribution in [-0.4, -0.2) is 21.5 Å². The molecular weight excluding hydrogens is 234 g/mol. The number of hydrogen-bond donors (Lipinski definition) is 0. The molecule has 0 N–H and O–H groups in total. The molecule has 5 heteroatoms. The first-order chi connectivity index (χ1) is 6.31. The summed E-state index contributed by atoms with van der Waals surface area (Å²) in [7, 11) is 1.65. The van der Waals surface area contributed by atoms with Gasteiger partial charge in [0.2, 0.25) is 5.78 Å². The zero-order chi connectivity index (χ0) is 9.26. The molecule has 2 rings (SSSR count). The number of ether oxygens (including phenoxy) is 1. The Kier molecular flexibility index (Phi) is 2.28. The molecule has 0 saturated heterocycles. The van der Waals surface area contributed by atoms with Gasteiger partial charge in [-0.25, -0.2) is 9.97 Å². The summed E-state index contributed by atoms with van der Waals surface area (Å²) in [6.07, 6.45) is 3.63. The molecule has 0 spiro atoms. The van der Waals surface area contributed by atoms with E-state index in [1.54, 1.807) is 13.3 Å². The summed E-state index contributed by atoms with van der Waals surface area (Å²) in [4.78, 5) is 8.39. The predicted octanol–water partition coefficient (Wildman–Crippen LogP) is 1.64. The zero-order valence-corrected chi connectivity index (χ0v) is 8.65. The molecule has 0 fully saturated rings. The molecule has 0 unspecified atom stereocenters. The van der Waals surface area contributed by atoms with Crippen LogP contribution in [0.25, 0.3) is 5.78 Å². The van der Waals surface area contributed by atoms with Crippen molar-refractivity contribution < 1.29 is 4.74 Å². The third-order valence-electron chi connectivity index (χ3n) is 1.68. The van der Waals surface area contributed by atoms with Crippen LogP contribution in [0, 0.1) is 0 Å². The van der Waals surface area contributed by atoms with Crippen LogP contribution < -0.4 is 0 Å². The molecule has 2 heterocycles. The molecular formula is C8H8BrN3O. The second kappa shape index (κ2) is 3.43. The SMILES string of the molecule is COCc1ccn2c(Br)cnc2n1. The number of imidazole rings is 1. The fraction of sp³-hybridized carbons (Fsp3) is 0.250. The van der Waals surface area contributed by atoms with E-state index >= 15 is 0 Å². The van der Waals surface area contributed by atoms with E-state index in [4.69, 9.17) is 4.74 Å². The monoisotopic (exact) mass is 241 g/mol. The highest BCUT2D eigenvalue weighted by Gasteiger charge is 2.01. The van der Waals surface area contributed by atoms with E-state index in [1.165, 1.54) is 0 Å². The quantitative estimate of drug-likeness (QED) is 0.803. The Labute approximate surface area is 83.7 Å². The van der Waals surface area contributed by atoms with Crippen molar-refractivity contribution in [3.8, 4) is 0 Å². The highest BCUT2D eigenvalue weighted by Crippen LogP contribution is 2.11. The van der Waals surface area contributed by atoms with E-state index in [1.807, 2.05) is 16.7 Å². The van der Waals surface area contributed by atoms with Gasteiger partial charge in [0.1, 0.15) is 4.60 Å². The number of hydrogen-bond acceptors (Lipinski definition) is 3. The molecule has 68 valence electrons. The van der Waals surface area contributed by atoms with Crippen molar-refractivity contribution in [3.63, 3.8) is 0 Å². The van der Waals surface area contributed by atoms with E-state index in [-0.39, 0.29) is 0 Å². The third kappa shape index (κ3) is 1.57. The molecule has 0 bridgehead atoms. The third-order valence-corrected chi connectivity index (χ3v) is 2.27. The molecule has 13 heavy (non-hydrogen) atoms. The normalized spacial score (nSPS) is 10.9. The first-order valence-electron chi connectivity index (χ1n) is 3.78. The van der Waals surface area contributed by atoms with Gasteiger partial charge in [0.15, 0.2) is 0 Å². The van der Waals surface area contributed by atoms with Gasteiger partial charge in [0.05, 0.1) is 18.5 Å². The number of fused-ring (bicyclic) bond motifs is 1. The van der Waals surface area contributed by atoms with Gasteiger partial charge in [-0.05, 0) is 22.0 Å². The Hall–Kier alpha value is -0.940. The lowest BCUT2D eigenvalue weighted by molar-refractivity contribution is 0.181. The minimum atomic E-state index is 0.515. The van der Waals surface area contributed by atoms with Crippen molar-refractivity contribution in [1.82, 2.24) is 14.4 Å². The fourth-order valence-corrected chi connectivity index (χ4v) is 1.49. The molecule has 0 radical (unpaired) electrons. The summed E-state index contributed by atoms with van der Waals surface area (Å²) in [5.41, 5.74) is 0.883. The molecule has 2 aromatic heterocycles. The first-order valence-corrected chi connectivity index (χ1v) is 4.58. The summed E-state index contributed by atoms with van der Waals surface area (Å²) >= 11 is 3.36. The predicted molar refractivity (Wildman–Crippen MR) is 51.4 cm³/mol. The Balaban J connectivity index is 2.50. The molecule has 0 aliphatic rings. The van der Waals surface area contributed by atoms with Crippen molar-refractivity contribution in [1.29, 1.82) is 0 Å². The highest BCUT2D eigenvalue weighted by molar-refractivity contribution is 9.10. The molecule has 0 saturated carbocycles. The minimum absolute atomic E-state index is 0.515. The van der Waals surface area contributed by atoms with Crippen LogP contribution in [0.3, 0.4) is 0 Å². The maximum atomic E-state index is 4.97. The molecule has 2 aromatic rings. The van der Waals surface area contributed by atoms with Gasteiger partial charge in [-0.15, -0.1) is 0 Å². The van der Waals surface area contributed by atoms with Gasteiger partial charge >= 0.3 is 0 Å². The van der Waals surface area contributed by atoms with Crippen LogP contribution >= 0.6 is 15.9 Å². The van der Waals surface area contributed by atoms with Crippen molar-refractivity contribution in [3.05, 3.63) is 28.8 Å². The maximum Gasteiger partial charge on any atom is 0.234 e. The lowest BCUT2D eigenvalue weighted by atomic mass is 10.4. The number of halogens is 1. The molecule has 0 aromatic carbocycles. The standard InChI is InChI=1S/C8H8BrN3O/c1-13-5-6-2-3-12-7(9)4-10-8(12)11-6/h2-4H,5H2,1H3. The van der Waals surface area contributed by atoms with Crippen LogP contribution in [0.5, 0.6) is 0 Å². The van der Waals surface area contributed by atoms with E-state index in [0.717, 1.165) is 10.3 Å². The van der Waals surface area contributed by atoms with E-state index < -0.39 is 0 Å². The summed E-state index contributed by atoms with van der Waals surface area (Å²) in [5.74, 6) is 0.682. The number of nitrogens with zero attached hydrogens (tertiary/aromatic N) is 3. The highest BCUT2D eigenvalue weighted by atomic mass is 79.9. The van der Waals surface area contributed by atoms with Crippen LogP contribution in [0.15, 0.2) is 23.1 Å². The lowest BCUT2D eigenvalue weighted by Gasteiger charge is -1.99. The number of methoxy groups -OCH3 is 1. The second-order valence-corrected chi connectivity index (χ2v) is 3.42. The van der Waals surface area contributed by atoms with Gasteiger partial charge in [0, 0.05) is 13.3 Å².